The van der Waals surface area contributed by atoms with Crippen molar-refractivity contribution in [2.45, 2.75) is 58.1 Å². The zero-order chi connectivity index (χ0) is 17.4. The van der Waals surface area contributed by atoms with Crippen molar-refractivity contribution in [2.75, 3.05) is 25.0 Å². The second kappa shape index (κ2) is 9.64. The summed E-state index contributed by atoms with van der Waals surface area (Å²) < 4.78 is 5.56. The Labute approximate surface area is 145 Å². The first-order chi connectivity index (χ1) is 11.6. The minimum Gasteiger partial charge on any atom is -0.492 e. The summed E-state index contributed by atoms with van der Waals surface area (Å²) >= 11 is 0. The normalized spacial score (nSPS) is 16.8. The molecule has 0 bridgehead atoms. The Balaban J connectivity index is 1.99. The quantitative estimate of drug-likeness (QED) is 0.767. The summed E-state index contributed by atoms with van der Waals surface area (Å²) in [5.74, 6) is 0.626. The number of hydrogen-bond acceptors (Lipinski definition) is 4. The summed E-state index contributed by atoms with van der Waals surface area (Å²) in [5, 5.41) is 12.7. The van der Waals surface area contributed by atoms with Crippen molar-refractivity contribution in [3.63, 3.8) is 0 Å². The lowest BCUT2D eigenvalue weighted by Gasteiger charge is -2.34. The highest BCUT2D eigenvalue weighted by Gasteiger charge is 2.24. The van der Waals surface area contributed by atoms with E-state index in [1.54, 1.807) is 6.92 Å². The van der Waals surface area contributed by atoms with Crippen LogP contribution in [0.4, 0.5) is 5.69 Å². The number of carbonyl (C=O) groups is 1. The Kier molecular flexibility index (Phi) is 7.53. The predicted octanol–water partition coefficient (Wildman–Crippen LogP) is 3.04. The Morgan fingerprint density at radius 2 is 2.04 bits per heavy atom. The van der Waals surface area contributed by atoms with Crippen LogP contribution in [0.5, 0.6) is 5.75 Å². The number of para-hydroxylation sites is 2. The van der Waals surface area contributed by atoms with E-state index in [9.17, 15) is 9.90 Å². The Hall–Kier alpha value is -1.59. The first kappa shape index (κ1) is 18.7. The van der Waals surface area contributed by atoms with Crippen LogP contribution in [-0.2, 0) is 4.79 Å². The molecule has 0 saturated heterocycles. The number of aliphatic hydroxyl groups excluding tert-OH is 1. The minimum absolute atomic E-state index is 0.0617. The molecule has 1 atom stereocenters. The molecule has 0 heterocycles. The smallest absolute Gasteiger partial charge is 0.238 e. The lowest BCUT2D eigenvalue weighted by atomic mass is 9.94. The maximum absolute atomic E-state index is 12.5. The van der Waals surface area contributed by atoms with Gasteiger partial charge in [-0.1, -0.05) is 31.4 Å². The minimum atomic E-state index is -0.435. The maximum Gasteiger partial charge on any atom is 0.238 e. The number of hydrogen-bond donors (Lipinski definition) is 2. The molecule has 1 unspecified atom stereocenters. The molecule has 0 radical (unpaired) electrons. The standard InChI is InChI=1S/C19H30N2O3/c1-3-24-18-12-8-7-11-17(18)20-19(23)14-21(13-15(2)22)16-9-5-4-6-10-16/h7-8,11-12,15-16,22H,3-6,9-10,13-14H2,1-2H3,(H,20,23). The van der Waals surface area contributed by atoms with Gasteiger partial charge in [-0.3, -0.25) is 9.69 Å². The molecular weight excluding hydrogens is 304 g/mol. The highest BCUT2D eigenvalue weighted by atomic mass is 16.5. The van der Waals surface area contributed by atoms with Crippen molar-refractivity contribution >= 4 is 11.6 Å². The van der Waals surface area contributed by atoms with Gasteiger partial charge in [0.2, 0.25) is 5.91 Å². The van der Waals surface area contributed by atoms with Gasteiger partial charge in [0, 0.05) is 12.6 Å². The molecule has 24 heavy (non-hydrogen) atoms. The number of carbonyl (C=O) groups excluding carboxylic acids is 1. The molecule has 1 aromatic carbocycles. The van der Waals surface area contributed by atoms with Crippen LogP contribution in [-0.4, -0.2) is 47.8 Å². The van der Waals surface area contributed by atoms with Crippen LogP contribution in [0, 0.1) is 0 Å². The number of aliphatic hydroxyl groups is 1. The summed E-state index contributed by atoms with van der Waals surface area (Å²) in [6.07, 6.45) is 5.46. The van der Waals surface area contributed by atoms with Crippen molar-refractivity contribution in [3.8, 4) is 5.75 Å². The van der Waals surface area contributed by atoms with Gasteiger partial charge >= 0.3 is 0 Å². The van der Waals surface area contributed by atoms with E-state index in [0.29, 0.717) is 37.2 Å². The number of nitrogens with one attached hydrogen (secondary N) is 1. The summed E-state index contributed by atoms with van der Waals surface area (Å²) in [6.45, 7) is 5.09. The summed E-state index contributed by atoms with van der Waals surface area (Å²) in [6, 6.07) is 7.87. The van der Waals surface area contributed by atoms with Crippen LogP contribution >= 0.6 is 0 Å². The molecular formula is C19H30N2O3. The Bertz CT molecular complexity index is 513. The molecule has 5 heteroatoms. The fraction of sp³-hybridized carbons (Fsp3) is 0.632. The van der Waals surface area contributed by atoms with E-state index >= 15 is 0 Å². The molecule has 2 N–H and O–H groups in total. The van der Waals surface area contributed by atoms with Crippen LogP contribution in [0.3, 0.4) is 0 Å². The number of amides is 1. The van der Waals surface area contributed by atoms with Gasteiger partial charge in [-0.2, -0.15) is 0 Å². The number of nitrogens with zero attached hydrogens (tertiary/aromatic N) is 1. The molecule has 0 spiro atoms. The van der Waals surface area contributed by atoms with Crippen LogP contribution < -0.4 is 10.1 Å². The average Bonchev–Trinajstić information content (AvgIpc) is 2.57. The van der Waals surface area contributed by atoms with E-state index in [1.165, 1.54) is 19.3 Å². The molecule has 1 amide bonds. The van der Waals surface area contributed by atoms with E-state index in [-0.39, 0.29) is 5.91 Å². The fourth-order valence-electron chi connectivity index (χ4n) is 3.35. The zero-order valence-corrected chi connectivity index (χ0v) is 14.8. The molecule has 1 saturated carbocycles. The van der Waals surface area contributed by atoms with Gasteiger partial charge in [0.15, 0.2) is 0 Å². The Morgan fingerprint density at radius 3 is 2.71 bits per heavy atom. The number of rotatable bonds is 8. The molecule has 134 valence electrons. The third kappa shape index (κ3) is 5.80. The molecule has 2 rings (SSSR count). The SMILES string of the molecule is CCOc1ccccc1NC(=O)CN(CC(C)O)C1CCCCC1. The number of ether oxygens (including phenoxy) is 1. The molecule has 1 aliphatic rings. The van der Waals surface area contributed by atoms with Gasteiger partial charge in [0.1, 0.15) is 5.75 Å². The number of anilines is 1. The lowest BCUT2D eigenvalue weighted by molar-refractivity contribution is -0.118. The molecule has 0 aromatic heterocycles. The van der Waals surface area contributed by atoms with E-state index in [2.05, 4.69) is 10.2 Å². The predicted molar refractivity (Wildman–Crippen MR) is 96.4 cm³/mol. The van der Waals surface area contributed by atoms with Crippen LogP contribution in [0.2, 0.25) is 0 Å². The topological polar surface area (TPSA) is 61.8 Å². The number of benzene rings is 1. The largest absolute Gasteiger partial charge is 0.492 e. The van der Waals surface area contributed by atoms with Crippen molar-refractivity contribution in [3.05, 3.63) is 24.3 Å². The molecule has 1 aliphatic carbocycles. The van der Waals surface area contributed by atoms with Crippen molar-refractivity contribution in [1.29, 1.82) is 0 Å². The zero-order valence-electron chi connectivity index (χ0n) is 14.8. The van der Waals surface area contributed by atoms with Crippen LogP contribution in [0.25, 0.3) is 0 Å². The molecule has 1 aromatic rings. The summed E-state index contributed by atoms with van der Waals surface area (Å²) in [7, 11) is 0. The van der Waals surface area contributed by atoms with Gasteiger partial charge in [0.25, 0.3) is 0 Å². The van der Waals surface area contributed by atoms with E-state index in [4.69, 9.17) is 4.74 Å². The highest BCUT2D eigenvalue weighted by molar-refractivity contribution is 5.93. The van der Waals surface area contributed by atoms with Gasteiger partial charge in [0.05, 0.1) is 24.9 Å². The maximum atomic E-state index is 12.5. The monoisotopic (exact) mass is 334 g/mol. The Morgan fingerprint density at radius 1 is 1.33 bits per heavy atom. The van der Waals surface area contributed by atoms with Gasteiger partial charge < -0.3 is 15.2 Å². The first-order valence-corrected chi connectivity index (χ1v) is 9.04. The molecule has 1 fully saturated rings. The third-order valence-electron chi connectivity index (χ3n) is 4.40. The van der Waals surface area contributed by atoms with Crippen molar-refractivity contribution < 1.29 is 14.6 Å². The van der Waals surface area contributed by atoms with E-state index < -0.39 is 6.10 Å². The second-order valence-corrected chi connectivity index (χ2v) is 6.55. The summed E-state index contributed by atoms with van der Waals surface area (Å²) in [4.78, 5) is 14.6. The van der Waals surface area contributed by atoms with E-state index in [1.807, 2.05) is 31.2 Å². The second-order valence-electron chi connectivity index (χ2n) is 6.55. The molecule has 0 aliphatic heterocycles. The molecule has 5 nitrogen and oxygen atoms in total. The van der Waals surface area contributed by atoms with E-state index in [0.717, 1.165) is 12.8 Å². The first-order valence-electron chi connectivity index (χ1n) is 9.04. The van der Waals surface area contributed by atoms with Gasteiger partial charge in [-0.05, 0) is 38.8 Å². The van der Waals surface area contributed by atoms with Gasteiger partial charge in [-0.25, -0.2) is 0 Å². The highest BCUT2D eigenvalue weighted by Crippen LogP contribution is 2.25. The van der Waals surface area contributed by atoms with Crippen molar-refractivity contribution in [1.82, 2.24) is 4.90 Å². The lowest BCUT2D eigenvalue weighted by Crippen LogP contribution is -2.45. The van der Waals surface area contributed by atoms with Crippen molar-refractivity contribution in [2.24, 2.45) is 0 Å². The van der Waals surface area contributed by atoms with Crippen LogP contribution in [0.1, 0.15) is 46.0 Å². The van der Waals surface area contributed by atoms with Crippen LogP contribution in [0.15, 0.2) is 24.3 Å². The summed E-state index contributed by atoms with van der Waals surface area (Å²) in [5.41, 5.74) is 0.699. The average molecular weight is 334 g/mol. The van der Waals surface area contributed by atoms with Gasteiger partial charge in [-0.15, -0.1) is 0 Å². The fourth-order valence-corrected chi connectivity index (χ4v) is 3.35. The third-order valence-corrected chi connectivity index (χ3v) is 4.40.